The second kappa shape index (κ2) is 5.29. The summed E-state index contributed by atoms with van der Waals surface area (Å²) in [7, 11) is 0. The third kappa shape index (κ3) is 2.23. The molecule has 0 atom stereocenters. The highest BCUT2D eigenvalue weighted by molar-refractivity contribution is 6.15. The van der Waals surface area contributed by atoms with E-state index < -0.39 is 0 Å². The Labute approximate surface area is 117 Å². The zero-order valence-electron chi connectivity index (χ0n) is 11.1. The predicted octanol–water partition coefficient (Wildman–Crippen LogP) is 2.76. The van der Waals surface area contributed by atoms with Crippen molar-refractivity contribution in [2.75, 3.05) is 13.1 Å². The van der Waals surface area contributed by atoms with Crippen molar-refractivity contribution in [3.8, 4) is 0 Å². The minimum absolute atomic E-state index is 0.0452. The average molecular weight is 265 g/mol. The van der Waals surface area contributed by atoms with E-state index >= 15 is 0 Å². The lowest BCUT2D eigenvalue weighted by molar-refractivity contribution is 0.0648. The van der Waals surface area contributed by atoms with Crippen molar-refractivity contribution < 1.29 is 9.59 Å². The standard InChI is InChI=1S/C17H15NO2/c19-16(13-7-2-1-3-8-13)14-9-4-5-10-15(14)17(20)18-11-6-12-18/h1-5,7-10H,6,11-12H2. The Morgan fingerprint density at radius 3 is 2.00 bits per heavy atom. The molecule has 1 amide bonds. The van der Waals surface area contributed by atoms with E-state index in [-0.39, 0.29) is 11.7 Å². The highest BCUT2D eigenvalue weighted by atomic mass is 16.2. The molecule has 3 nitrogen and oxygen atoms in total. The molecule has 2 aromatic rings. The first kappa shape index (κ1) is 12.6. The number of hydrogen-bond donors (Lipinski definition) is 0. The smallest absolute Gasteiger partial charge is 0.254 e. The second-order valence-electron chi connectivity index (χ2n) is 4.89. The number of likely N-dealkylation sites (tertiary alicyclic amines) is 1. The largest absolute Gasteiger partial charge is 0.338 e. The maximum absolute atomic E-state index is 12.5. The Kier molecular flexibility index (Phi) is 3.33. The summed E-state index contributed by atoms with van der Waals surface area (Å²) < 4.78 is 0. The molecule has 20 heavy (non-hydrogen) atoms. The number of amides is 1. The molecule has 0 saturated carbocycles. The summed E-state index contributed by atoms with van der Waals surface area (Å²) >= 11 is 0. The fourth-order valence-corrected chi connectivity index (χ4v) is 2.30. The van der Waals surface area contributed by atoms with Gasteiger partial charge in [0.05, 0.1) is 5.56 Å². The highest BCUT2D eigenvalue weighted by Gasteiger charge is 2.25. The van der Waals surface area contributed by atoms with E-state index in [0.717, 1.165) is 19.5 Å². The van der Waals surface area contributed by atoms with Crippen LogP contribution in [0.1, 0.15) is 32.7 Å². The van der Waals surface area contributed by atoms with Crippen LogP contribution in [-0.4, -0.2) is 29.7 Å². The van der Waals surface area contributed by atoms with E-state index in [2.05, 4.69) is 0 Å². The van der Waals surface area contributed by atoms with Gasteiger partial charge in [-0.25, -0.2) is 0 Å². The van der Waals surface area contributed by atoms with Crippen molar-refractivity contribution in [3.63, 3.8) is 0 Å². The number of rotatable bonds is 3. The fraction of sp³-hybridized carbons (Fsp3) is 0.176. The van der Waals surface area contributed by atoms with Gasteiger partial charge in [-0.1, -0.05) is 48.5 Å². The molecule has 0 bridgehead atoms. The van der Waals surface area contributed by atoms with E-state index in [1.165, 1.54) is 0 Å². The van der Waals surface area contributed by atoms with Gasteiger partial charge in [0, 0.05) is 24.2 Å². The number of carbonyl (C=O) groups excluding carboxylic acids is 2. The summed E-state index contributed by atoms with van der Waals surface area (Å²) in [6.07, 6.45) is 1.04. The molecule has 0 unspecified atom stereocenters. The summed E-state index contributed by atoms with van der Waals surface area (Å²) in [5, 5.41) is 0. The summed E-state index contributed by atoms with van der Waals surface area (Å²) in [5.74, 6) is -0.147. The molecule has 3 heteroatoms. The lowest BCUT2D eigenvalue weighted by atomic mass is 9.97. The van der Waals surface area contributed by atoms with Crippen LogP contribution in [0.5, 0.6) is 0 Å². The SMILES string of the molecule is O=C(c1ccccc1)c1ccccc1C(=O)N1CCC1. The monoisotopic (exact) mass is 265 g/mol. The van der Waals surface area contributed by atoms with Gasteiger partial charge in [-0.15, -0.1) is 0 Å². The molecule has 1 heterocycles. The van der Waals surface area contributed by atoms with Gasteiger partial charge >= 0.3 is 0 Å². The molecule has 1 saturated heterocycles. The van der Waals surface area contributed by atoms with Crippen molar-refractivity contribution in [1.29, 1.82) is 0 Å². The molecule has 2 aromatic carbocycles. The van der Waals surface area contributed by atoms with Crippen LogP contribution in [0.4, 0.5) is 0 Å². The molecule has 0 radical (unpaired) electrons. The quantitative estimate of drug-likeness (QED) is 0.800. The number of ketones is 1. The van der Waals surface area contributed by atoms with E-state index in [0.29, 0.717) is 16.7 Å². The Balaban J connectivity index is 1.97. The first-order valence-corrected chi connectivity index (χ1v) is 6.75. The Bertz CT molecular complexity index is 645. The van der Waals surface area contributed by atoms with E-state index in [1.54, 1.807) is 41.3 Å². The zero-order chi connectivity index (χ0) is 13.9. The van der Waals surface area contributed by atoms with E-state index in [1.807, 2.05) is 18.2 Å². The summed E-state index contributed by atoms with van der Waals surface area (Å²) in [5.41, 5.74) is 1.59. The van der Waals surface area contributed by atoms with Crippen LogP contribution in [0.15, 0.2) is 54.6 Å². The minimum atomic E-state index is -0.102. The van der Waals surface area contributed by atoms with Crippen LogP contribution in [0.2, 0.25) is 0 Å². The molecule has 0 N–H and O–H groups in total. The van der Waals surface area contributed by atoms with Gasteiger partial charge in [0.15, 0.2) is 5.78 Å². The van der Waals surface area contributed by atoms with E-state index in [4.69, 9.17) is 0 Å². The Hall–Kier alpha value is -2.42. The molecule has 1 aliphatic heterocycles. The van der Waals surface area contributed by atoms with Crippen LogP contribution in [0.25, 0.3) is 0 Å². The van der Waals surface area contributed by atoms with Gasteiger partial charge in [-0.2, -0.15) is 0 Å². The zero-order valence-corrected chi connectivity index (χ0v) is 11.1. The van der Waals surface area contributed by atoms with Crippen molar-refractivity contribution >= 4 is 11.7 Å². The first-order chi connectivity index (χ1) is 9.77. The van der Waals surface area contributed by atoms with Crippen molar-refractivity contribution in [3.05, 3.63) is 71.3 Å². The maximum atomic E-state index is 12.5. The normalized spacial score (nSPS) is 13.7. The number of carbonyl (C=O) groups is 2. The number of hydrogen-bond acceptors (Lipinski definition) is 2. The van der Waals surface area contributed by atoms with Gasteiger partial charge in [0.2, 0.25) is 0 Å². The van der Waals surface area contributed by atoms with E-state index in [9.17, 15) is 9.59 Å². The first-order valence-electron chi connectivity index (χ1n) is 6.75. The van der Waals surface area contributed by atoms with Gasteiger partial charge in [0.25, 0.3) is 5.91 Å². The topological polar surface area (TPSA) is 37.4 Å². The third-order valence-electron chi connectivity index (χ3n) is 3.58. The fourth-order valence-electron chi connectivity index (χ4n) is 2.30. The predicted molar refractivity (Wildman–Crippen MR) is 76.8 cm³/mol. The highest BCUT2D eigenvalue weighted by Crippen LogP contribution is 2.19. The Morgan fingerprint density at radius 2 is 1.40 bits per heavy atom. The van der Waals surface area contributed by atoms with Crippen molar-refractivity contribution in [2.45, 2.75) is 6.42 Å². The average Bonchev–Trinajstić information content (AvgIpc) is 2.45. The third-order valence-corrected chi connectivity index (χ3v) is 3.58. The number of benzene rings is 2. The maximum Gasteiger partial charge on any atom is 0.254 e. The summed E-state index contributed by atoms with van der Waals surface area (Å²) in [6.45, 7) is 1.57. The molecule has 1 fully saturated rings. The molecule has 0 aliphatic carbocycles. The van der Waals surface area contributed by atoms with Gasteiger partial charge in [-0.3, -0.25) is 9.59 Å². The molecule has 0 spiro atoms. The van der Waals surface area contributed by atoms with Gasteiger partial charge in [-0.05, 0) is 12.5 Å². The van der Waals surface area contributed by atoms with Crippen LogP contribution in [0, 0.1) is 0 Å². The minimum Gasteiger partial charge on any atom is -0.338 e. The molecule has 1 aliphatic rings. The van der Waals surface area contributed by atoms with Gasteiger partial charge in [0.1, 0.15) is 0 Å². The lowest BCUT2D eigenvalue weighted by Gasteiger charge is -2.31. The van der Waals surface area contributed by atoms with Crippen LogP contribution in [0.3, 0.4) is 0 Å². The summed E-state index contributed by atoms with van der Waals surface area (Å²) in [6, 6.07) is 16.1. The van der Waals surface area contributed by atoms with Crippen LogP contribution >= 0.6 is 0 Å². The second-order valence-corrected chi connectivity index (χ2v) is 4.89. The van der Waals surface area contributed by atoms with Crippen molar-refractivity contribution in [2.24, 2.45) is 0 Å². The van der Waals surface area contributed by atoms with Crippen molar-refractivity contribution in [1.82, 2.24) is 4.90 Å². The summed E-state index contributed by atoms with van der Waals surface area (Å²) in [4.78, 5) is 26.7. The molecule has 0 aromatic heterocycles. The molecular formula is C17H15NO2. The molecule has 3 rings (SSSR count). The van der Waals surface area contributed by atoms with Crippen LogP contribution < -0.4 is 0 Å². The van der Waals surface area contributed by atoms with Crippen LogP contribution in [-0.2, 0) is 0 Å². The Morgan fingerprint density at radius 1 is 0.800 bits per heavy atom. The van der Waals surface area contributed by atoms with Gasteiger partial charge < -0.3 is 4.90 Å². The molecular weight excluding hydrogens is 250 g/mol. The number of nitrogens with zero attached hydrogens (tertiary/aromatic N) is 1. The lowest BCUT2D eigenvalue weighted by Crippen LogP contribution is -2.42. The molecule has 100 valence electrons.